The van der Waals surface area contributed by atoms with Crippen LogP contribution in [-0.2, 0) is 6.54 Å². The van der Waals surface area contributed by atoms with E-state index in [1.165, 1.54) is 5.56 Å². The Bertz CT molecular complexity index is 581. The van der Waals surface area contributed by atoms with Crippen molar-refractivity contribution < 1.29 is 9.53 Å². The summed E-state index contributed by atoms with van der Waals surface area (Å²) in [5, 5.41) is 5.73. The number of amides is 2. The zero-order chi connectivity index (χ0) is 16.5. The topological polar surface area (TPSA) is 68.2 Å². The molecule has 0 bridgehead atoms. The van der Waals surface area contributed by atoms with Gasteiger partial charge in [-0.15, -0.1) is 0 Å². The summed E-state index contributed by atoms with van der Waals surface area (Å²) in [7, 11) is 0. The van der Waals surface area contributed by atoms with E-state index in [0.717, 1.165) is 12.2 Å². The monoisotopic (exact) mass is 316 g/mol. The second kappa shape index (κ2) is 8.82. The van der Waals surface area contributed by atoms with Crippen LogP contribution in [0.5, 0.6) is 5.75 Å². The SMILES string of the molecule is Cc1ccc(OCCCNC(=O)N[C@@H](C)Cn2ccnc2)cc1. The van der Waals surface area contributed by atoms with Gasteiger partial charge in [-0.25, -0.2) is 9.78 Å². The molecular weight excluding hydrogens is 292 g/mol. The number of hydrogen-bond donors (Lipinski definition) is 2. The minimum absolute atomic E-state index is 0.0352. The number of nitrogens with one attached hydrogen (secondary N) is 2. The average Bonchev–Trinajstić information content (AvgIpc) is 3.01. The number of carbonyl (C=O) groups is 1. The van der Waals surface area contributed by atoms with Crippen molar-refractivity contribution >= 4 is 6.03 Å². The molecular formula is C17H24N4O2. The first kappa shape index (κ1) is 16.9. The first-order valence-electron chi connectivity index (χ1n) is 7.83. The summed E-state index contributed by atoms with van der Waals surface area (Å²) in [5.41, 5.74) is 1.21. The smallest absolute Gasteiger partial charge is 0.315 e. The fraction of sp³-hybridized carbons (Fsp3) is 0.412. The van der Waals surface area contributed by atoms with E-state index in [-0.39, 0.29) is 12.1 Å². The molecule has 0 saturated carbocycles. The minimum atomic E-state index is -0.159. The van der Waals surface area contributed by atoms with Crippen molar-refractivity contribution in [2.75, 3.05) is 13.2 Å². The Hall–Kier alpha value is -2.50. The van der Waals surface area contributed by atoms with E-state index >= 15 is 0 Å². The Morgan fingerprint density at radius 3 is 2.83 bits per heavy atom. The van der Waals surface area contributed by atoms with Crippen molar-refractivity contribution in [3.63, 3.8) is 0 Å². The molecule has 1 aromatic heterocycles. The lowest BCUT2D eigenvalue weighted by atomic mass is 10.2. The molecule has 2 aromatic rings. The number of hydrogen-bond acceptors (Lipinski definition) is 3. The number of benzene rings is 1. The third kappa shape index (κ3) is 6.42. The van der Waals surface area contributed by atoms with Gasteiger partial charge in [-0.2, -0.15) is 0 Å². The number of rotatable bonds is 8. The largest absolute Gasteiger partial charge is 0.494 e. The highest BCUT2D eigenvalue weighted by Gasteiger charge is 2.06. The van der Waals surface area contributed by atoms with E-state index in [2.05, 4.69) is 15.6 Å². The van der Waals surface area contributed by atoms with Crippen LogP contribution in [0.15, 0.2) is 43.0 Å². The fourth-order valence-corrected chi connectivity index (χ4v) is 2.13. The van der Waals surface area contributed by atoms with Crippen molar-refractivity contribution in [3.8, 4) is 5.75 Å². The summed E-state index contributed by atoms with van der Waals surface area (Å²) >= 11 is 0. The quantitative estimate of drug-likeness (QED) is 0.735. The zero-order valence-corrected chi connectivity index (χ0v) is 13.7. The number of aryl methyl sites for hydroxylation is 1. The Morgan fingerprint density at radius 2 is 2.13 bits per heavy atom. The molecule has 6 heteroatoms. The lowest BCUT2D eigenvalue weighted by molar-refractivity contribution is 0.235. The highest BCUT2D eigenvalue weighted by atomic mass is 16.5. The van der Waals surface area contributed by atoms with Gasteiger partial charge >= 0.3 is 6.03 Å². The lowest BCUT2D eigenvalue weighted by Crippen LogP contribution is -2.42. The van der Waals surface area contributed by atoms with Crippen LogP contribution in [0.1, 0.15) is 18.9 Å². The predicted molar refractivity (Wildman–Crippen MR) is 89.5 cm³/mol. The summed E-state index contributed by atoms with van der Waals surface area (Å²) in [4.78, 5) is 15.7. The highest BCUT2D eigenvalue weighted by Crippen LogP contribution is 2.11. The number of nitrogens with zero attached hydrogens (tertiary/aromatic N) is 2. The zero-order valence-electron chi connectivity index (χ0n) is 13.7. The van der Waals surface area contributed by atoms with Crippen LogP contribution in [0.25, 0.3) is 0 Å². The molecule has 23 heavy (non-hydrogen) atoms. The third-order valence-electron chi connectivity index (χ3n) is 3.32. The molecule has 2 amide bonds. The van der Waals surface area contributed by atoms with Gasteiger partial charge in [-0.1, -0.05) is 17.7 Å². The maximum atomic E-state index is 11.8. The second-order valence-corrected chi connectivity index (χ2v) is 5.58. The molecule has 0 saturated heterocycles. The van der Waals surface area contributed by atoms with Crippen LogP contribution in [0.2, 0.25) is 0 Å². The maximum absolute atomic E-state index is 11.8. The molecule has 0 fully saturated rings. The molecule has 0 aliphatic rings. The summed E-state index contributed by atoms with van der Waals surface area (Å²) in [5.74, 6) is 0.856. The van der Waals surface area contributed by atoms with E-state index in [1.54, 1.807) is 12.5 Å². The van der Waals surface area contributed by atoms with Crippen LogP contribution in [0.4, 0.5) is 4.79 Å². The molecule has 1 heterocycles. The van der Waals surface area contributed by atoms with Gasteiger partial charge in [0, 0.05) is 31.5 Å². The standard InChI is InChI=1S/C17H24N4O2/c1-14-4-6-16(7-5-14)23-11-3-8-19-17(22)20-15(2)12-21-10-9-18-13-21/h4-7,9-10,13,15H,3,8,11-12H2,1-2H3,(H2,19,20,22)/t15-/m0/s1. The Labute approximate surface area is 136 Å². The number of ether oxygens (including phenoxy) is 1. The van der Waals surface area contributed by atoms with Crippen LogP contribution >= 0.6 is 0 Å². The third-order valence-corrected chi connectivity index (χ3v) is 3.32. The molecule has 1 atom stereocenters. The van der Waals surface area contributed by atoms with Crippen LogP contribution < -0.4 is 15.4 Å². The van der Waals surface area contributed by atoms with Gasteiger partial charge in [-0.05, 0) is 32.4 Å². The molecule has 1 aromatic carbocycles. The molecule has 0 spiro atoms. The first-order chi connectivity index (χ1) is 11.1. The van der Waals surface area contributed by atoms with Gasteiger partial charge < -0.3 is 19.9 Å². The van der Waals surface area contributed by atoms with E-state index in [4.69, 9.17) is 4.74 Å². The fourth-order valence-electron chi connectivity index (χ4n) is 2.13. The highest BCUT2D eigenvalue weighted by molar-refractivity contribution is 5.74. The van der Waals surface area contributed by atoms with Gasteiger partial charge in [-0.3, -0.25) is 0 Å². The summed E-state index contributed by atoms with van der Waals surface area (Å²) in [6, 6.07) is 7.81. The van der Waals surface area contributed by atoms with Crippen molar-refractivity contribution in [1.29, 1.82) is 0 Å². The molecule has 124 valence electrons. The van der Waals surface area contributed by atoms with Crippen molar-refractivity contribution in [2.45, 2.75) is 32.9 Å². The van der Waals surface area contributed by atoms with Crippen LogP contribution in [-0.4, -0.2) is 34.8 Å². The molecule has 2 rings (SSSR count). The predicted octanol–water partition coefficient (Wildman–Crippen LogP) is 2.35. The second-order valence-electron chi connectivity index (χ2n) is 5.58. The van der Waals surface area contributed by atoms with Gasteiger partial charge in [0.15, 0.2) is 0 Å². The van der Waals surface area contributed by atoms with Gasteiger partial charge in [0.05, 0.1) is 12.9 Å². The molecule has 2 N–H and O–H groups in total. The van der Waals surface area contributed by atoms with Gasteiger partial charge in [0.1, 0.15) is 5.75 Å². The first-order valence-corrected chi connectivity index (χ1v) is 7.83. The van der Waals surface area contributed by atoms with E-state index in [1.807, 2.05) is 48.9 Å². The number of imidazole rings is 1. The summed E-state index contributed by atoms with van der Waals surface area (Å²) in [6.45, 7) is 5.85. The maximum Gasteiger partial charge on any atom is 0.315 e. The number of aromatic nitrogens is 2. The Kier molecular flexibility index (Phi) is 6.47. The van der Waals surface area contributed by atoms with E-state index in [0.29, 0.717) is 19.7 Å². The lowest BCUT2D eigenvalue weighted by Gasteiger charge is -2.15. The van der Waals surface area contributed by atoms with E-state index < -0.39 is 0 Å². The summed E-state index contributed by atoms with van der Waals surface area (Å²) < 4.78 is 7.54. The Morgan fingerprint density at radius 1 is 1.35 bits per heavy atom. The molecule has 0 radical (unpaired) electrons. The van der Waals surface area contributed by atoms with E-state index in [9.17, 15) is 4.79 Å². The van der Waals surface area contributed by atoms with Crippen molar-refractivity contribution in [2.24, 2.45) is 0 Å². The minimum Gasteiger partial charge on any atom is -0.494 e. The van der Waals surface area contributed by atoms with Gasteiger partial charge in [0.25, 0.3) is 0 Å². The van der Waals surface area contributed by atoms with Crippen molar-refractivity contribution in [3.05, 3.63) is 48.5 Å². The Balaban J connectivity index is 1.55. The average molecular weight is 316 g/mol. The van der Waals surface area contributed by atoms with Crippen LogP contribution in [0.3, 0.4) is 0 Å². The molecule has 0 aliphatic heterocycles. The van der Waals surface area contributed by atoms with Gasteiger partial charge in [0.2, 0.25) is 0 Å². The van der Waals surface area contributed by atoms with Crippen molar-refractivity contribution in [1.82, 2.24) is 20.2 Å². The molecule has 0 aliphatic carbocycles. The molecule has 6 nitrogen and oxygen atoms in total. The number of urea groups is 1. The molecule has 0 unspecified atom stereocenters. The summed E-state index contributed by atoms with van der Waals surface area (Å²) in [6.07, 6.45) is 6.09. The normalized spacial score (nSPS) is 11.7. The van der Waals surface area contributed by atoms with Crippen LogP contribution in [0, 0.1) is 6.92 Å². The number of carbonyl (C=O) groups excluding carboxylic acids is 1.